The Morgan fingerprint density at radius 3 is 2.88 bits per heavy atom. The molecule has 6 heteroatoms. The van der Waals surface area contributed by atoms with Crippen molar-refractivity contribution in [3.05, 3.63) is 46.2 Å². The lowest BCUT2D eigenvalue weighted by atomic mass is 10.1. The molecule has 1 aromatic carbocycles. The van der Waals surface area contributed by atoms with Crippen LogP contribution in [-0.2, 0) is 6.54 Å². The summed E-state index contributed by atoms with van der Waals surface area (Å²) in [6, 6.07) is 4.74. The summed E-state index contributed by atoms with van der Waals surface area (Å²) in [5.74, 6) is -0.732. The van der Waals surface area contributed by atoms with Crippen molar-refractivity contribution in [2.75, 3.05) is 6.54 Å². The van der Waals surface area contributed by atoms with Crippen molar-refractivity contribution in [1.82, 2.24) is 5.32 Å². The average Bonchev–Trinajstić information content (AvgIpc) is 2.30. The lowest BCUT2D eigenvalue weighted by Gasteiger charge is -2.08. The van der Waals surface area contributed by atoms with Crippen LogP contribution in [0.2, 0.25) is 0 Å². The lowest BCUT2D eigenvalue weighted by Crippen LogP contribution is -2.19. The number of nitrogens with zero attached hydrogens (tertiary/aromatic N) is 1. The third-order valence-electron chi connectivity index (χ3n) is 2.09. The Morgan fingerprint density at radius 2 is 2.29 bits per heavy atom. The molecule has 0 amide bonds. The molecule has 0 heterocycles. The van der Waals surface area contributed by atoms with Crippen LogP contribution in [-0.4, -0.2) is 17.6 Å². The lowest BCUT2D eigenvalue weighted by molar-refractivity contribution is 0.318. The van der Waals surface area contributed by atoms with Crippen LogP contribution in [0.4, 0.5) is 4.39 Å². The van der Waals surface area contributed by atoms with Crippen molar-refractivity contribution < 1.29 is 9.60 Å². The van der Waals surface area contributed by atoms with Gasteiger partial charge in [-0.25, -0.2) is 4.39 Å². The molecule has 4 N–H and O–H groups in total. The molecule has 0 aromatic heterocycles. The monoisotopic (exact) mass is 301 g/mol. The van der Waals surface area contributed by atoms with E-state index in [0.29, 0.717) is 18.7 Å². The Morgan fingerprint density at radius 1 is 1.59 bits per heavy atom. The first-order valence-corrected chi connectivity index (χ1v) is 5.65. The molecule has 1 rings (SSSR count). The molecule has 0 aliphatic carbocycles. The second-order valence-corrected chi connectivity index (χ2v) is 4.51. The highest BCUT2D eigenvalue weighted by molar-refractivity contribution is 9.11. The fourth-order valence-corrected chi connectivity index (χ4v) is 1.50. The van der Waals surface area contributed by atoms with E-state index in [9.17, 15) is 4.39 Å². The molecular formula is C11H13BrFN3O. The Balaban J connectivity index is 2.83. The summed E-state index contributed by atoms with van der Waals surface area (Å²) in [7, 11) is 0. The fraction of sp³-hybridized carbons (Fsp3) is 0.182. The van der Waals surface area contributed by atoms with Gasteiger partial charge in [-0.3, -0.25) is 0 Å². The van der Waals surface area contributed by atoms with Crippen molar-refractivity contribution >= 4 is 21.8 Å². The number of benzene rings is 1. The van der Waals surface area contributed by atoms with Gasteiger partial charge in [0.2, 0.25) is 0 Å². The van der Waals surface area contributed by atoms with Crippen LogP contribution in [0.15, 0.2) is 34.4 Å². The quantitative estimate of drug-likeness (QED) is 0.337. The minimum absolute atomic E-state index is 0.0875. The highest BCUT2D eigenvalue weighted by atomic mass is 79.9. The van der Waals surface area contributed by atoms with Crippen LogP contribution in [0.5, 0.6) is 0 Å². The molecule has 92 valence electrons. The minimum atomic E-state index is -0.490. The fourth-order valence-electron chi connectivity index (χ4n) is 1.30. The highest BCUT2D eigenvalue weighted by Gasteiger charge is 2.10. The Kier molecular flexibility index (Phi) is 5.11. The molecule has 0 saturated heterocycles. The zero-order valence-electron chi connectivity index (χ0n) is 9.08. The number of oxime groups is 1. The predicted molar refractivity (Wildman–Crippen MR) is 68.7 cm³/mol. The van der Waals surface area contributed by atoms with Gasteiger partial charge in [0.15, 0.2) is 5.84 Å². The molecule has 1 aromatic rings. The van der Waals surface area contributed by atoms with E-state index in [1.165, 1.54) is 6.07 Å². The third kappa shape index (κ3) is 3.83. The van der Waals surface area contributed by atoms with Crippen LogP contribution in [0.25, 0.3) is 0 Å². The zero-order valence-corrected chi connectivity index (χ0v) is 10.7. The number of amidine groups is 1. The van der Waals surface area contributed by atoms with E-state index in [2.05, 4.69) is 33.0 Å². The van der Waals surface area contributed by atoms with Crippen molar-refractivity contribution in [2.24, 2.45) is 10.9 Å². The number of nitrogens with two attached hydrogens (primary N) is 1. The topological polar surface area (TPSA) is 70.6 Å². The first-order valence-electron chi connectivity index (χ1n) is 4.85. The molecule has 0 fully saturated rings. The summed E-state index contributed by atoms with van der Waals surface area (Å²) >= 11 is 3.19. The Hall–Kier alpha value is -1.40. The van der Waals surface area contributed by atoms with E-state index in [1.807, 2.05) is 0 Å². The first-order chi connectivity index (χ1) is 8.06. The number of hydrogen-bond donors (Lipinski definition) is 3. The van der Waals surface area contributed by atoms with Gasteiger partial charge in [-0.1, -0.05) is 39.8 Å². The molecule has 0 spiro atoms. The second-order valence-electron chi connectivity index (χ2n) is 3.38. The highest BCUT2D eigenvalue weighted by Crippen LogP contribution is 2.13. The molecule has 0 unspecified atom stereocenters. The predicted octanol–water partition coefficient (Wildman–Crippen LogP) is 1.92. The van der Waals surface area contributed by atoms with Crippen molar-refractivity contribution in [2.45, 2.75) is 6.54 Å². The number of rotatable bonds is 5. The van der Waals surface area contributed by atoms with Gasteiger partial charge in [0.1, 0.15) is 5.82 Å². The summed E-state index contributed by atoms with van der Waals surface area (Å²) < 4.78 is 14.7. The van der Waals surface area contributed by atoms with Crippen LogP contribution in [0.1, 0.15) is 11.1 Å². The smallest absolute Gasteiger partial charge is 0.173 e. The van der Waals surface area contributed by atoms with E-state index >= 15 is 0 Å². The maximum atomic E-state index is 13.9. The first kappa shape index (κ1) is 13.7. The van der Waals surface area contributed by atoms with Crippen LogP contribution in [0, 0.1) is 5.82 Å². The summed E-state index contributed by atoms with van der Waals surface area (Å²) in [4.78, 5) is 0. The SMILES string of the molecule is C=C(Br)CNCc1cccc(/C(N)=N\O)c1F. The van der Waals surface area contributed by atoms with E-state index in [-0.39, 0.29) is 11.4 Å². The van der Waals surface area contributed by atoms with Gasteiger partial charge in [0, 0.05) is 23.1 Å². The van der Waals surface area contributed by atoms with Crippen LogP contribution >= 0.6 is 15.9 Å². The average molecular weight is 302 g/mol. The molecule has 17 heavy (non-hydrogen) atoms. The van der Waals surface area contributed by atoms with Gasteiger partial charge in [-0.15, -0.1) is 0 Å². The standard InChI is InChI=1S/C11H13BrFN3O/c1-7(12)5-15-6-8-3-2-4-9(10(8)13)11(14)16-17/h2-4,15,17H,1,5-6H2,(H2,14,16). The largest absolute Gasteiger partial charge is 0.409 e. The van der Waals surface area contributed by atoms with Gasteiger partial charge < -0.3 is 16.3 Å². The van der Waals surface area contributed by atoms with E-state index in [1.54, 1.807) is 12.1 Å². The van der Waals surface area contributed by atoms with Gasteiger partial charge >= 0.3 is 0 Å². The molecule has 4 nitrogen and oxygen atoms in total. The molecule has 0 aliphatic rings. The Labute approximate surface area is 107 Å². The van der Waals surface area contributed by atoms with Crippen molar-refractivity contribution in [3.63, 3.8) is 0 Å². The van der Waals surface area contributed by atoms with Crippen LogP contribution < -0.4 is 11.1 Å². The Bertz CT molecular complexity index is 448. The zero-order chi connectivity index (χ0) is 12.8. The van der Waals surface area contributed by atoms with Gasteiger partial charge in [-0.2, -0.15) is 0 Å². The summed E-state index contributed by atoms with van der Waals surface area (Å²) in [5.41, 5.74) is 5.89. The van der Waals surface area contributed by atoms with Crippen LogP contribution in [0.3, 0.4) is 0 Å². The van der Waals surface area contributed by atoms with E-state index < -0.39 is 5.82 Å². The molecule has 0 saturated carbocycles. The molecule has 0 atom stereocenters. The molecule has 0 aliphatic heterocycles. The van der Waals surface area contributed by atoms with Crippen molar-refractivity contribution in [1.29, 1.82) is 0 Å². The molecular weight excluding hydrogens is 289 g/mol. The number of nitrogens with one attached hydrogen (secondary N) is 1. The summed E-state index contributed by atoms with van der Waals surface area (Å²) in [6.45, 7) is 4.53. The summed E-state index contributed by atoms with van der Waals surface area (Å²) in [6.07, 6.45) is 0. The molecule has 0 bridgehead atoms. The second kappa shape index (κ2) is 6.36. The summed E-state index contributed by atoms with van der Waals surface area (Å²) in [5, 5.41) is 14.3. The van der Waals surface area contributed by atoms with Crippen molar-refractivity contribution in [3.8, 4) is 0 Å². The minimum Gasteiger partial charge on any atom is -0.409 e. The maximum absolute atomic E-state index is 13.9. The van der Waals surface area contributed by atoms with E-state index in [4.69, 9.17) is 10.9 Å². The number of halogens is 2. The number of hydrogen-bond acceptors (Lipinski definition) is 3. The van der Waals surface area contributed by atoms with Gasteiger partial charge in [0.25, 0.3) is 0 Å². The van der Waals surface area contributed by atoms with Gasteiger partial charge in [-0.05, 0) is 6.07 Å². The van der Waals surface area contributed by atoms with Gasteiger partial charge in [0.05, 0.1) is 5.56 Å². The molecule has 0 radical (unpaired) electrons. The maximum Gasteiger partial charge on any atom is 0.173 e. The third-order valence-corrected chi connectivity index (χ3v) is 2.38. The normalized spacial score (nSPS) is 11.5. The van der Waals surface area contributed by atoms with E-state index in [0.717, 1.165) is 4.48 Å².